The summed E-state index contributed by atoms with van der Waals surface area (Å²) in [6.07, 6.45) is 7.23. The van der Waals surface area contributed by atoms with Crippen molar-refractivity contribution in [1.29, 1.82) is 0 Å². The molecule has 0 atom stereocenters. The molecule has 3 heterocycles. The Hall–Kier alpha value is -1.66. The smallest absolute Gasteiger partial charge is 0.255 e. The molecule has 0 N–H and O–H groups in total. The molecule has 0 aliphatic carbocycles. The molecule has 1 aromatic heterocycles. The predicted octanol–water partition coefficient (Wildman–Crippen LogP) is 2.30. The van der Waals surface area contributed by atoms with Crippen molar-refractivity contribution < 1.29 is 14.3 Å². The summed E-state index contributed by atoms with van der Waals surface area (Å²) in [5.74, 6) is -0.404. The minimum atomic E-state index is -0.447. The van der Waals surface area contributed by atoms with E-state index in [0.717, 1.165) is 37.9 Å². The first kappa shape index (κ1) is 17.2. The fourth-order valence-electron chi connectivity index (χ4n) is 3.30. The molecule has 0 unspecified atom stereocenters. The first-order chi connectivity index (χ1) is 11.6. The molecule has 0 radical (unpaired) electrons. The molecular weight excluding hydrogens is 306 g/mol. The van der Waals surface area contributed by atoms with E-state index in [1.54, 1.807) is 6.20 Å². The second-order valence-corrected chi connectivity index (χ2v) is 6.61. The Morgan fingerprint density at radius 3 is 2.67 bits per heavy atom. The number of anilines is 1. The van der Waals surface area contributed by atoms with E-state index in [9.17, 15) is 4.79 Å². The van der Waals surface area contributed by atoms with Crippen LogP contribution in [0, 0.1) is 0 Å². The van der Waals surface area contributed by atoms with Gasteiger partial charge in [0.15, 0.2) is 5.79 Å². The summed E-state index contributed by atoms with van der Waals surface area (Å²) in [7, 11) is 2.04. The first-order valence-corrected chi connectivity index (χ1v) is 8.87. The van der Waals surface area contributed by atoms with Crippen molar-refractivity contribution in [2.24, 2.45) is 0 Å². The number of aromatic nitrogens is 1. The van der Waals surface area contributed by atoms with E-state index >= 15 is 0 Å². The Labute approximate surface area is 143 Å². The molecule has 0 bridgehead atoms. The van der Waals surface area contributed by atoms with E-state index in [4.69, 9.17) is 9.47 Å². The van der Waals surface area contributed by atoms with E-state index in [0.29, 0.717) is 31.9 Å². The normalized spacial score (nSPS) is 19.7. The van der Waals surface area contributed by atoms with Crippen LogP contribution in [0.1, 0.15) is 43.0 Å². The van der Waals surface area contributed by atoms with Crippen LogP contribution >= 0.6 is 0 Å². The minimum Gasteiger partial charge on any atom is -0.373 e. The zero-order chi connectivity index (χ0) is 17.0. The van der Waals surface area contributed by atoms with Crippen LogP contribution in [0.2, 0.25) is 0 Å². The van der Waals surface area contributed by atoms with Gasteiger partial charge in [0, 0.05) is 45.7 Å². The molecular formula is C18H27N3O3. The summed E-state index contributed by atoms with van der Waals surface area (Å²) in [6, 6.07) is 1.94. The first-order valence-electron chi connectivity index (χ1n) is 8.87. The topological polar surface area (TPSA) is 54.9 Å². The lowest BCUT2D eigenvalue weighted by molar-refractivity contribution is -0.181. The van der Waals surface area contributed by atoms with Crippen molar-refractivity contribution in [3.8, 4) is 0 Å². The molecule has 2 aliphatic heterocycles. The molecule has 2 saturated heterocycles. The molecule has 0 aromatic carbocycles. The maximum Gasteiger partial charge on any atom is 0.255 e. The van der Waals surface area contributed by atoms with Crippen LogP contribution in [0.15, 0.2) is 18.5 Å². The third-order valence-electron chi connectivity index (χ3n) is 4.88. The van der Waals surface area contributed by atoms with Crippen molar-refractivity contribution in [3.05, 3.63) is 24.0 Å². The molecule has 2 fully saturated rings. The van der Waals surface area contributed by atoms with Gasteiger partial charge in [-0.05, 0) is 12.5 Å². The SMILES string of the molecule is CCCCN(C)c1cncc(C(=O)N2CCC3(CC2)OCCO3)c1. The molecule has 6 nitrogen and oxygen atoms in total. The Balaban J connectivity index is 1.63. The highest BCUT2D eigenvalue weighted by Gasteiger charge is 2.40. The number of ether oxygens (including phenoxy) is 2. The quantitative estimate of drug-likeness (QED) is 0.827. The van der Waals surface area contributed by atoms with Gasteiger partial charge < -0.3 is 19.3 Å². The van der Waals surface area contributed by atoms with Gasteiger partial charge in [-0.1, -0.05) is 13.3 Å². The lowest BCUT2D eigenvalue weighted by Crippen LogP contribution is -2.47. The van der Waals surface area contributed by atoms with Crippen LogP contribution < -0.4 is 4.90 Å². The highest BCUT2D eigenvalue weighted by Crippen LogP contribution is 2.31. The highest BCUT2D eigenvalue weighted by molar-refractivity contribution is 5.94. The monoisotopic (exact) mass is 333 g/mol. The number of hydrogen-bond donors (Lipinski definition) is 0. The largest absolute Gasteiger partial charge is 0.373 e. The maximum atomic E-state index is 12.8. The van der Waals surface area contributed by atoms with Crippen LogP contribution in [-0.2, 0) is 9.47 Å². The Bertz CT molecular complexity index is 562. The molecule has 3 rings (SSSR count). The molecule has 1 amide bonds. The van der Waals surface area contributed by atoms with Gasteiger partial charge in [-0.3, -0.25) is 9.78 Å². The van der Waals surface area contributed by atoms with E-state index in [2.05, 4.69) is 16.8 Å². The molecule has 132 valence electrons. The number of unbranched alkanes of at least 4 members (excludes halogenated alkanes) is 1. The van der Waals surface area contributed by atoms with Crippen LogP contribution in [0.3, 0.4) is 0 Å². The van der Waals surface area contributed by atoms with Crippen LogP contribution in [0.5, 0.6) is 0 Å². The molecule has 24 heavy (non-hydrogen) atoms. The van der Waals surface area contributed by atoms with E-state index in [1.807, 2.05) is 24.2 Å². The van der Waals surface area contributed by atoms with Gasteiger partial charge in [-0.25, -0.2) is 0 Å². The number of carbonyl (C=O) groups excluding carboxylic acids is 1. The van der Waals surface area contributed by atoms with Crippen LogP contribution in [-0.4, -0.2) is 61.5 Å². The van der Waals surface area contributed by atoms with Crippen molar-refractivity contribution in [3.63, 3.8) is 0 Å². The minimum absolute atomic E-state index is 0.0427. The van der Waals surface area contributed by atoms with Gasteiger partial charge in [-0.2, -0.15) is 0 Å². The third-order valence-corrected chi connectivity index (χ3v) is 4.88. The Kier molecular flexibility index (Phi) is 5.36. The lowest BCUT2D eigenvalue weighted by Gasteiger charge is -2.37. The molecule has 1 spiro atoms. The summed E-state index contributed by atoms with van der Waals surface area (Å²) in [4.78, 5) is 21.1. The molecule has 2 aliphatic rings. The number of piperidine rings is 1. The number of pyridine rings is 1. The van der Waals surface area contributed by atoms with Crippen LogP contribution in [0.25, 0.3) is 0 Å². The van der Waals surface area contributed by atoms with E-state index in [-0.39, 0.29) is 5.91 Å². The van der Waals surface area contributed by atoms with Gasteiger partial charge in [-0.15, -0.1) is 0 Å². The number of amides is 1. The average molecular weight is 333 g/mol. The zero-order valence-corrected chi connectivity index (χ0v) is 14.7. The fourth-order valence-corrected chi connectivity index (χ4v) is 3.30. The van der Waals surface area contributed by atoms with E-state index < -0.39 is 5.79 Å². The number of carbonyl (C=O) groups is 1. The predicted molar refractivity (Wildman–Crippen MR) is 92.2 cm³/mol. The van der Waals surface area contributed by atoms with Gasteiger partial charge in [0.05, 0.1) is 30.7 Å². The summed E-state index contributed by atoms with van der Waals surface area (Å²) >= 11 is 0. The molecule has 1 aromatic rings. The van der Waals surface area contributed by atoms with Crippen molar-refractivity contribution in [1.82, 2.24) is 9.88 Å². The Morgan fingerprint density at radius 2 is 2.00 bits per heavy atom. The van der Waals surface area contributed by atoms with E-state index in [1.165, 1.54) is 0 Å². The number of likely N-dealkylation sites (tertiary alicyclic amines) is 1. The number of rotatable bonds is 5. The van der Waals surface area contributed by atoms with Crippen molar-refractivity contribution in [2.75, 3.05) is 44.8 Å². The van der Waals surface area contributed by atoms with Crippen LogP contribution in [0.4, 0.5) is 5.69 Å². The van der Waals surface area contributed by atoms with Gasteiger partial charge in [0.25, 0.3) is 5.91 Å². The summed E-state index contributed by atoms with van der Waals surface area (Å²) in [5, 5.41) is 0. The highest BCUT2D eigenvalue weighted by atomic mass is 16.7. The Morgan fingerprint density at radius 1 is 1.29 bits per heavy atom. The second kappa shape index (κ2) is 7.49. The summed E-state index contributed by atoms with van der Waals surface area (Å²) in [5.41, 5.74) is 1.64. The fraction of sp³-hybridized carbons (Fsp3) is 0.667. The molecule has 6 heteroatoms. The van der Waals surface area contributed by atoms with Gasteiger partial charge in [0.1, 0.15) is 0 Å². The van der Waals surface area contributed by atoms with Crippen molar-refractivity contribution >= 4 is 11.6 Å². The summed E-state index contributed by atoms with van der Waals surface area (Å²) < 4.78 is 11.4. The number of hydrogen-bond acceptors (Lipinski definition) is 5. The molecule has 0 saturated carbocycles. The standard InChI is InChI=1S/C18H27N3O3/c1-3-4-7-20(2)16-12-15(13-19-14-16)17(22)21-8-5-18(6-9-21)23-10-11-24-18/h12-14H,3-11H2,1-2H3. The van der Waals surface area contributed by atoms with Gasteiger partial charge in [0.2, 0.25) is 0 Å². The average Bonchev–Trinajstić information content (AvgIpc) is 3.08. The van der Waals surface area contributed by atoms with Gasteiger partial charge >= 0.3 is 0 Å². The number of nitrogens with zero attached hydrogens (tertiary/aromatic N) is 3. The maximum absolute atomic E-state index is 12.8. The third kappa shape index (κ3) is 3.70. The second-order valence-electron chi connectivity index (χ2n) is 6.61. The zero-order valence-electron chi connectivity index (χ0n) is 14.7. The summed E-state index contributed by atoms with van der Waals surface area (Å²) in [6.45, 7) is 5.78. The lowest BCUT2D eigenvalue weighted by atomic mass is 10.0. The van der Waals surface area contributed by atoms with Crippen molar-refractivity contribution in [2.45, 2.75) is 38.4 Å².